The van der Waals surface area contributed by atoms with Crippen LogP contribution in [0.25, 0.3) is 0 Å². The van der Waals surface area contributed by atoms with Crippen LogP contribution in [0.1, 0.15) is 51.9 Å². The second kappa shape index (κ2) is 5.67. The first-order valence-electron chi connectivity index (χ1n) is 6.86. The molecule has 2 atom stereocenters. The van der Waals surface area contributed by atoms with E-state index in [-0.39, 0.29) is 6.04 Å². The molecule has 2 saturated heterocycles. The molecule has 0 aromatic rings. The summed E-state index contributed by atoms with van der Waals surface area (Å²) < 4.78 is 0. The lowest BCUT2D eigenvalue weighted by Gasteiger charge is -2.31. The fraction of sp³-hybridized carbons (Fsp3) is 0.923. The van der Waals surface area contributed by atoms with Gasteiger partial charge < -0.3 is 10.2 Å². The smallest absolute Gasteiger partial charge is 0.239 e. The molecule has 2 aliphatic heterocycles. The highest BCUT2D eigenvalue weighted by atomic mass is 16.2. The molecule has 2 heterocycles. The van der Waals surface area contributed by atoms with E-state index in [0.29, 0.717) is 11.9 Å². The van der Waals surface area contributed by atoms with Gasteiger partial charge in [0, 0.05) is 12.6 Å². The van der Waals surface area contributed by atoms with Crippen molar-refractivity contribution in [1.29, 1.82) is 0 Å². The van der Waals surface area contributed by atoms with Crippen molar-refractivity contribution in [3.05, 3.63) is 0 Å². The standard InChI is InChI=1S/C13H24N2O/c1-2-11-7-4-3-5-10-15(11)13(16)12-8-6-9-14-12/h11-12,14H,2-10H2,1H3/t11?,12-/m1/s1. The molecule has 0 saturated carbocycles. The number of nitrogens with zero attached hydrogens (tertiary/aromatic N) is 1. The Hall–Kier alpha value is -0.570. The molecule has 1 amide bonds. The zero-order chi connectivity index (χ0) is 11.4. The first-order valence-corrected chi connectivity index (χ1v) is 6.86. The van der Waals surface area contributed by atoms with Crippen molar-refractivity contribution in [3.8, 4) is 0 Å². The highest BCUT2D eigenvalue weighted by Crippen LogP contribution is 2.21. The van der Waals surface area contributed by atoms with Crippen LogP contribution in [0.4, 0.5) is 0 Å². The van der Waals surface area contributed by atoms with Gasteiger partial charge in [0.2, 0.25) is 5.91 Å². The number of nitrogens with one attached hydrogen (secondary N) is 1. The van der Waals surface area contributed by atoms with Gasteiger partial charge in [-0.15, -0.1) is 0 Å². The molecule has 1 unspecified atom stereocenters. The van der Waals surface area contributed by atoms with Crippen LogP contribution < -0.4 is 5.32 Å². The monoisotopic (exact) mass is 224 g/mol. The van der Waals surface area contributed by atoms with Crippen molar-refractivity contribution >= 4 is 5.91 Å². The van der Waals surface area contributed by atoms with Crippen LogP contribution in [0, 0.1) is 0 Å². The fourth-order valence-electron chi connectivity index (χ4n) is 2.99. The molecule has 3 nitrogen and oxygen atoms in total. The minimum absolute atomic E-state index is 0.118. The fourth-order valence-corrected chi connectivity index (χ4v) is 2.99. The number of hydrogen-bond donors (Lipinski definition) is 1. The van der Waals surface area contributed by atoms with E-state index in [1.165, 1.54) is 25.7 Å². The molecular formula is C13H24N2O. The summed E-state index contributed by atoms with van der Waals surface area (Å²) in [6.45, 7) is 4.20. The molecule has 0 aromatic carbocycles. The third kappa shape index (κ3) is 2.57. The van der Waals surface area contributed by atoms with Crippen LogP contribution in [-0.4, -0.2) is 36.0 Å². The van der Waals surface area contributed by atoms with Crippen LogP contribution in [0.15, 0.2) is 0 Å². The molecule has 0 aromatic heterocycles. The maximum Gasteiger partial charge on any atom is 0.239 e. The lowest BCUT2D eigenvalue weighted by molar-refractivity contribution is -0.135. The molecule has 0 aliphatic carbocycles. The number of carbonyl (C=O) groups is 1. The lowest BCUT2D eigenvalue weighted by atomic mass is 10.1. The van der Waals surface area contributed by atoms with Crippen molar-refractivity contribution in [3.63, 3.8) is 0 Å². The third-order valence-electron chi connectivity index (χ3n) is 3.99. The van der Waals surface area contributed by atoms with E-state index in [1.54, 1.807) is 0 Å². The highest BCUT2D eigenvalue weighted by molar-refractivity contribution is 5.82. The number of carbonyl (C=O) groups excluding carboxylic acids is 1. The zero-order valence-electron chi connectivity index (χ0n) is 10.4. The summed E-state index contributed by atoms with van der Waals surface area (Å²) in [5.41, 5.74) is 0. The van der Waals surface area contributed by atoms with Gasteiger partial charge in [-0.25, -0.2) is 0 Å². The minimum atomic E-state index is 0.118. The summed E-state index contributed by atoms with van der Waals surface area (Å²) in [6, 6.07) is 0.615. The van der Waals surface area contributed by atoms with Gasteiger partial charge in [0.05, 0.1) is 6.04 Å². The van der Waals surface area contributed by atoms with Crippen LogP contribution >= 0.6 is 0 Å². The molecule has 0 spiro atoms. The van der Waals surface area contributed by atoms with Crippen LogP contribution in [-0.2, 0) is 4.79 Å². The summed E-state index contributed by atoms with van der Waals surface area (Å²) in [6.07, 6.45) is 8.27. The molecule has 2 rings (SSSR count). The van der Waals surface area contributed by atoms with E-state index < -0.39 is 0 Å². The zero-order valence-corrected chi connectivity index (χ0v) is 10.4. The minimum Gasteiger partial charge on any atom is -0.338 e. The van der Waals surface area contributed by atoms with Gasteiger partial charge >= 0.3 is 0 Å². The Bertz CT molecular complexity index is 236. The molecular weight excluding hydrogens is 200 g/mol. The van der Waals surface area contributed by atoms with Gasteiger partial charge in [-0.3, -0.25) is 4.79 Å². The Kier molecular flexibility index (Phi) is 4.22. The predicted octanol–water partition coefficient (Wildman–Crippen LogP) is 1.92. The Balaban J connectivity index is 2.00. The number of rotatable bonds is 2. The SMILES string of the molecule is CCC1CCCCCN1C(=O)[C@H]1CCCN1. The predicted molar refractivity (Wildman–Crippen MR) is 65.3 cm³/mol. The average molecular weight is 224 g/mol. The Morgan fingerprint density at radius 3 is 2.81 bits per heavy atom. The van der Waals surface area contributed by atoms with E-state index in [9.17, 15) is 4.79 Å². The normalized spacial score (nSPS) is 31.4. The first kappa shape index (κ1) is 11.9. The molecule has 0 radical (unpaired) electrons. The molecule has 92 valence electrons. The summed E-state index contributed by atoms with van der Waals surface area (Å²) >= 11 is 0. The summed E-state index contributed by atoms with van der Waals surface area (Å²) in [7, 11) is 0. The topological polar surface area (TPSA) is 32.3 Å². The van der Waals surface area contributed by atoms with Gasteiger partial charge in [-0.2, -0.15) is 0 Å². The van der Waals surface area contributed by atoms with Gasteiger partial charge in [-0.1, -0.05) is 19.8 Å². The Labute approximate surface area is 98.6 Å². The number of hydrogen-bond acceptors (Lipinski definition) is 2. The maximum absolute atomic E-state index is 12.4. The molecule has 3 heteroatoms. The number of amides is 1. The van der Waals surface area contributed by atoms with Crippen LogP contribution in [0.3, 0.4) is 0 Å². The van der Waals surface area contributed by atoms with Crippen molar-refractivity contribution in [2.45, 2.75) is 64.0 Å². The summed E-state index contributed by atoms with van der Waals surface area (Å²) in [5, 5.41) is 3.33. The van der Waals surface area contributed by atoms with E-state index in [2.05, 4.69) is 17.1 Å². The average Bonchev–Trinajstić information content (AvgIpc) is 2.73. The van der Waals surface area contributed by atoms with Gasteiger partial charge in [0.25, 0.3) is 0 Å². The molecule has 2 aliphatic rings. The molecule has 16 heavy (non-hydrogen) atoms. The van der Waals surface area contributed by atoms with Crippen molar-refractivity contribution in [1.82, 2.24) is 10.2 Å². The second-order valence-corrected chi connectivity index (χ2v) is 5.09. The van der Waals surface area contributed by atoms with E-state index >= 15 is 0 Å². The molecule has 2 fully saturated rings. The Morgan fingerprint density at radius 1 is 1.25 bits per heavy atom. The van der Waals surface area contributed by atoms with E-state index in [4.69, 9.17) is 0 Å². The lowest BCUT2D eigenvalue weighted by Crippen LogP contribution is -2.48. The highest BCUT2D eigenvalue weighted by Gasteiger charge is 2.30. The molecule has 1 N–H and O–H groups in total. The van der Waals surface area contributed by atoms with Gasteiger partial charge in [-0.05, 0) is 38.6 Å². The third-order valence-corrected chi connectivity index (χ3v) is 3.99. The Morgan fingerprint density at radius 2 is 2.12 bits per heavy atom. The largest absolute Gasteiger partial charge is 0.338 e. The van der Waals surface area contributed by atoms with E-state index in [1.807, 2.05) is 0 Å². The first-order chi connectivity index (χ1) is 7.83. The van der Waals surface area contributed by atoms with Gasteiger partial charge in [0.1, 0.15) is 0 Å². The maximum atomic E-state index is 12.4. The quantitative estimate of drug-likeness (QED) is 0.777. The second-order valence-electron chi connectivity index (χ2n) is 5.09. The van der Waals surface area contributed by atoms with Crippen molar-refractivity contribution in [2.75, 3.05) is 13.1 Å². The van der Waals surface area contributed by atoms with Crippen molar-refractivity contribution in [2.24, 2.45) is 0 Å². The van der Waals surface area contributed by atoms with Crippen LogP contribution in [0.2, 0.25) is 0 Å². The molecule has 0 bridgehead atoms. The van der Waals surface area contributed by atoms with Crippen molar-refractivity contribution < 1.29 is 4.79 Å². The van der Waals surface area contributed by atoms with Crippen LogP contribution in [0.5, 0.6) is 0 Å². The summed E-state index contributed by atoms with van der Waals surface area (Å²) in [5.74, 6) is 0.367. The van der Waals surface area contributed by atoms with E-state index in [0.717, 1.165) is 32.4 Å². The van der Waals surface area contributed by atoms with Gasteiger partial charge in [0.15, 0.2) is 0 Å². The summed E-state index contributed by atoms with van der Waals surface area (Å²) in [4.78, 5) is 14.5. The number of likely N-dealkylation sites (tertiary alicyclic amines) is 1.